The average molecular weight is 454 g/mol. The molecule has 1 fully saturated rings. The van der Waals surface area contributed by atoms with Crippen LogP contribution in [-0.4, -0.2) is 50.0 Å². The zero-order valence-corrected chi connectivity index (χ0v) is 18.4. The van der Waals surface area contributed by atoms with Gasteiger partial charge >= 0.3 is 0 Å². The lowest BCUT2D eigenvalue weighted by atomic mass is 9.86. The van der Waals surface area contributed by atoms with E-state index in [2.05, 4.69) is 15.3 Å². The summed E-state index contributed by atoms with van der Waals surface area (Å²) < 4.78 is 13.8. The molecule has 4 heterocycles. The number of ether oxygens (including phenoxy) is 2. The molecule has 0 saturated carbocycles. The minimum atomic E-state index is -0.362. The largest absolute Gasteiger partial charge is 0.473 e. The van der Waals surface area contributed by atoms with Gasteiger partial charge in [0.25, 0.3) is 0 Å². The standard InChI is InChI=1S/C26H23N5O3/c32-26(25-19-6-1-3-8-21(19)34-22-9-4-2-7-20(22)25)30-16-12-18(13-17-30)33-24-11-10-23(28-29-24)31-15-5-14-27-31/h1-11,14-15,18,25H,12-13,16-17H2. The molecular formula is C26H23N5O3. The van der Waals surface area contributed by atoms with Gasteiger partial charge in [-0.1, -0.05) is 36.4 Å². The maximum absolute atomic E-state index is 13.7. The van der Waals surface area contributed by atoms with Crippen LogP contribution in [0.1, 0.15) is 29.9 Å². The summed E-state index contributed by atoms with van der Waals surface area (Å²) in [7, 11) is 0. The number of nitrogens with zero attached hydrogens (tertiary/aromatic N) is 5. The molecule has 2 aromatic heterocycles. The third kappa shape index (κ3) is 3.77. The van der Waals surface area contributed by atoms with E-state index in [-0.39, 0.29) is 17.9 Å². The summed E-state index contributed by atoms with van der Waals surface area (Å²) in [5, 5.41) is 12.5. The number of piperidine rings is 1. The van der Waals surface area contributed by atoms with Gasteiger partial charge in [0, 0.05) is 55.5 Å². The number of likely N-dealkylation sites (tertiary alicyclic amines) is 1. The molecule has 34 heavy (non-hydrogen) atoms. The summed E-state index contributed by atoms with van der Waals surface area (Å²) >= 11 is 0. The molecule has 2 aliphatic heterocycles. The van der Waals surface area contributed by atoms with Crippen molar-refractivity contribution in [3.8, 4) is 23.2 Å². The van der Waals surface area contributed by atoms with Gasteiger partial charge in [0.2, 0.25) is 11.8 Å². The molecule has 4 aromatic rings. The summed E-state index contributed by atoms with van der Waals surface area (Å²) in [5.41, 5.74) is 1.83. The van der Waals surface area contributed by atoms with Crippen molar-refractivity contribution in [1.29, 1.82) is 0 Å². The van der Waals surface area contributed by atoms with Crippen LogP contribution in [0.15, 0.2) is 79.1 Å². The maximum atomic E-state index is 13.7. The summed E-state index contributed by atoms with van der Waals surface area (Å²) in [6.07, 6.45) is 4.97. The number of fused-ring (bicyclic) bond motifs is 2. The van der Waals surface area contributed by atoms with Crippen molar-refractivity contribution in [2.45, 2.75) is 24.9 Å². The first-order chi connectivity index (χ1) is 16.8. The Balaban J connectivity index is 1.13. The van der Waals surface area contributed by atoms with Gasteiger partial charge in [-0.15, -0.1) is 10.2 Å². The first-order valence-corrected chi connectivity index (χ1v) is 11.4. The fourth-order valence-electron chi connectivity index (χ4n) is 4.63. The second kappa shape index (κ2) is 8.62. The third-order valence-electron chi connectivity index (χ3n) is 6.33. The Bertz CT molecular complexity index is 1250. The normalized spacial score (nSPS) is 15.8. The Morgan fingerprint density at radius 2 is 1.59 bits per heavy atom. The first-order valence-electron chi connectivity index (χ1n) is 11.4. The van der Waals surface area contributed by atoms with Gasteiger partial charge in [0.15, 0.2) is 5.82 Å². The number of rotatable bonds is 4. The molecule has 2 aromatic carbocycles. The zero-order chi connectivity index (χ0) is 22.9. The van der Waals surface area contributed by atoms with Gasteiger partial charge in [-0.25, -0.2) is 4.68 Å². The van der Waals surface area contributed by atoms with Gasteiger partial charge in [0.05, 0.1) is 5.92 Å². The molecule has 0 N–H and O–H groups in total. The fraction of sp³-hybridized carbons (Fsp3) is 0.231. The third-order valence-corrected chi connectivity index (χ3v) is 6.33. The summed E-state index contributed by atoms with van der Waals surface area (Å²) in [5.74, 6) is 2.34. The minimum Gasteiger partial charge on any atom is -0.473 e. The zero-order valence-electron chi connectivity index (χ0n) is 18.4. The van der Waals surface area contributed by atoms with E-state index in [1.165, 1.54) is 0 Å². The predicted molar refractivity (Wildman–Crippen MR) is 124 cm³/mol. The van der Waals surface area contributed by atoms with Gasteiger partial charge < -0.3 is 14.4 Å². The number of para-hydroxylation sites is 2. The molecule has 0 atom stereocenters. The van der Waals surface area contributed by atoms with Crippen LogP contribution in [0.25, 0.3) is 5.82 Å². The number of hydrogen-bond donors (Lipinski definition) is 0. The molecular weight excluding hydrogens is 430 g/mol. The average Bonchev–Trinajstić information content (AvgIpc) is 3.43. The van der Waals surface area contributed by atoms with E-state index < -0.39 is 0 Å². The second-order valence-corrected chi connectivity index (χ2v) is 8.43. The number of aromatic nitrogens is 4. The minimum absolute atomic E-state index is 0.0110. The van der Waals surface area contributed by atoms with E-state index >= 15 is 0 Å². The molecule has 0 unspecified atom stereocenters. The van der Waals surface area contributed by atoms with E-state index in [0.717, 1.165) is 35.5 Å². The summed E-state index contributed by atoms with van der Waals surface area (Å²) in [6, 6.07) is 21.0. The van der Waals surface area contributed by atoms with Crippen LogP contribution in [0.3, 0.4) is 0 Å². The van der Waals surface area contributed by atoms with E-state index in [9.17, 15) is 4.79 Å². The smallest absolute Gasteiger partial charge is 0.234 e. The number of hydrogen-bond acceptors (Lipinski definition) is 6. The highest BCUT2D eigenvalue weighted by Crippen LogP contribution is 2.44. The van der Waals surface area contributed by atoms with Crippen molar-refractivity contribution in [2.75, 3.05) is 13.1 Å². The Morgan fingerprint density at radius 3 is 2.21 bits per heavy atom. The van der Waals surface area contributed by atoms with Crippen LogP contribution in [0, 0.1) is 0 Å². The lowest BCUT2D eigenvalue weighted by Gasteiger charge is -2.36. The molecule has 170 valence electrons. The van der Waals surface area contributed by atoms with Crippen molar-refractivity contribution in [3.05, 3.63) is 90.3 Å². The maximum Gasteiger partial charge on any atom is 0.234 e. The highest BCUT2D eigenvalue weighted by atomic mass is 16.5. The lowest BCUT2D eigenvalue weighted by molar-refractivity contribution is -0.133. The SMILES string of the molecule is O=C(C1c2ccccc2Oc2ccccc21)N1CCC(Oc2ccc(-n3cccn3)nn2)CC1. The number of benzene rings is 2. The molecule has 2 aliphatic rings. The van der Waals surface area contributed by atoms with Crippen molar-refractivity contribution in [2.24, 2.45) is 0 Å². The number of carbonyl (C=O) groups excluding carboxylic acids is 1. The van der Waals surface area contributed by atoms with Crippen LogP contribution in [0.4, 0.5) is 0 Å². The van der Waals surface area contributed by atoms with Crippen LogP contribution >= 0.6 is 0 Å². The lowest BCUT2D eigenvalue weighted by Crippen LogP contribution is -2.44. The van der Waals surface area contributed by atoms with Crippen LogP contribution in [0.2, 0.25) is 0 Å². The second-order valence-electron chi connectivity index (χ2n) is 8.43. The van der Waals surface area contributed by atoms with Crippen molar-refractivity contribution < 1.29 is 14.3 Å². The number of amides is 1. The topological polar surface area (TPSA) is 82.4 Å². The van der Waals surface area contributed by atoms with Gasteiger partial charge in [-0.3, -0.25) is 4.79 Å². The monoisotopic (exact) mass is 453 g/mol. The van der Waals surface area contributed by atoms with E-state index in [1.54, 1.807) is 16.9 Å². The van der Waals surface area contributed by atoms with Crippen molar-refractivity contribution in [3.63, 3.8) is 0 Å². The highest BCUT2D eigenvalue weighted by molar-refractivity contribution is 5.89. The molecule has 1 saturated heterocycles. The van der Waals surface area contributed by atoms with Crippen LogP contribution in [-0.2, 0) is 4.79 Å². The molecule has 0 spiro atoms. The molecule has 8 heteroatoms. The van der Waals surface area contributed by atoms with E-state index in [0.29, 0.717) is 24.8 Å². The van der Waals surface area contributed by atoms with Crippen molar-refractivity contribution in [1.82, 2.24) is 24.9 Å². The molecule has 0 radical (unpaired) electrons. The first kappa shape index (κ1) is 20.4. The summed E-state index contributed by atoms with van der Waals surface area (Å²) in [4.78, 5) is 15.6. The Hall–Kier alpha value is -4.20. The molecule has 0 bridgehead atoms. The fourth-order valence-corrected chi connectivity index (χ4v) is 4.63. The molecule has 6 rings (SSSR count). The van der Waals surface area contributed by atoms with Gasteiger partial charge in [-0.05, 0) is 24.3 Å². The van der Waals surface area contributed by atoms with Gasteiger partial charge in [-0.2, -0.15) is 5.10 Å². The van der Waals surface area contributed by atoms with E-state index in [1.807, 2.05) is 71.8 Å². The Kier molecular flexibility index (Phi) is 5.18. The van der Waals surface area contributed by atoms with Crippen molar-refractivity contribution >= 4 is 5.91 Å². The highest BCUT2D eigenvalue weighted by Gasteiger charge is 2.36. The van der Waals surface area contributed by atoms with E-state index in [4.69, 9.17) is 9.47 Å². The number of carbonyl (C=O) groups is 1. The Labute approximate surface area is 196 Å². The predicted octanol–water partition coefficient (Wildman–Crippen LogP) is 3.97. The Morgan fingerprint density at radius 1 is 0.882 bits per heavy atom. The summed E-state index contributed by atoms with van der Waals surface area (Å²) in [6.45, 7) is 1.26. The molecule has 8 nitrogen and oxygen atoms in total. The van der Waals surface area contributed by atoms with Crippen LogP contribution in [0.5, 0.6) is 17.4 Å². The quantitative estimate of drug-likeness (QED) is 0.465. The van der Waals surface area contributed by atoms with Gasteiger partial charge in [0.1, 0.15) is 17.6 Å². The molecule has 1 amide bonds. The molecule has 0 aliphatic carbocycles. The van der Waals surface area contributed by atoms with Crippen LogP contribution < -0.4 is 9.47 Å².